The number of likely N-dealkylation sites (tertiary alicyclic amines) is 1. The lowest BCUT2D eigenvalue weighted by Crippen LogP contribution is -2.35. The molecule has 66 valence electrons. The van der Waals surface area contributed by atoms with Crippen LogP contribution in [0.2, 0.25) is 0 Å². The van der Waals surface area contributed by atoms with Gasteiger partial charge in [-0.25, -0.2) is 0 Å². The molecule has 1 heterocycles. The fourth-order valence-electron chi connectivity index (χ4n) is 1.56. The van der Waals surface area contributed by atoms with Crippen LogP contribution in [0.15, 0.2) is 0 Å². The second-order valence-corrected chi connectivity index (χ2v) is 3.92. The Balaban J connectivity index is 2.36. The van der Waals surface area contributed by atoms with Gasteiger partial charge in [-0.2, -0.15) is 0 Å². The van der Waals surface area contributed by atoms with Crippen molar-refractivity contribution in [2.75, 3.05) is 13.1 Å². The van der Waals surface area contributed by atoms with Crippen LogP contribution in [0, 0.1) is 5.92 Å². The fraction of sp³-hybridized carbons (Fsp3) is 1.00. The molecule has 11 heavy (non-hydrogen) atoms. The number of aliphatic hydroxyl groups is 1. The highest BCUT2D eigenvalue weighted by molar-refractivity contribution is 4.79. The zero-order valence-corrected chi connectivity index (χ0v) is 7.75. The SMILES string of the molecule is CC(C)[C@H](C)N1CC[C@H](O)C1. The number of aliphatic hydroxyl groups excluding tert-OH is 1. The van der Waals surface area contributed by atoms with Crippen LogP contribution in [0.1, 0.15) is 27.2 Å². The molecule has 0 unspecified atom stereocenters. The van der Waals surface area contributed by atoms with E-state index < -0.39 is 0 Å². The number of nitrogens with zero attached hydrogens (tertiary/aromatic N) is 1. The summed E-state index contributed by atoms with van der Waals surface area (Å²) in [6, 6.07) is 0.618. The first-order chi connectivity index (χ1) is 5.11. The Bertz CT molecular complexity index is 125. The minimum atomic E-state index is -0.0730. The van der Waals surface area contributed by atoms with Crippen LogP contribution < -0.4 is 0 Å². The van der Waals surface area contributed by atoms with Crippen LogP contribution in [0.4, 0.5) is 0 Å². The van der Waals surface area contributed by atoms with Gasteiger partial charge in [-0.15, -0.1) is 0 Å². The van der Waals surface area contributed by atoms with Crippen LogP contribution in [0.25, 0.3) is 0 Å². The molecular formula is C9H19NO. The van der Waals surface area contributed by atoms with Crippen molar-refractivity contribution in [1.29, 1.82) is 0 Å². The molecule has 0 bridgehead atoms. The molecule has 1 N–H and O–H groups in total. The average molecular weight is 157 g/mol. The summed E-state index contributed by atoms with van der Waals surface area (Å²) in [5.74, 6) is 0.695. The second-order valence-electron chi connectivity index (χ2n) is 3.92. The lowest BCUT2D eigenvalue weighted by Gasteiger charge is -2.26. The summed E-state index contributed by atoms with van der Waals surface area (Å²) < 4.78 is 0. The number of rotatable bonds is 2. The molecule has 0 saturated carbocycles. The molecule has 1 saturated heterocycles. The van der Waals surface area contributed by atoms with Gasteiger partial charge < -0.3 is 5.11 Å². The van der Waals surface area contributed by atoms with Crippen LogP contribution in [-0.4, -0.2) is 35.2 Å². The predicted octanol–water partition coefficient (Wildman–Crippen LogP) is 1.10. The molecule has 2 nitrogen and oxygen atoms in total. The molecule has 1 fully saturated rings. The van der Waals surface area contributed by atoms with Crippen molar-refractivity contribution in [2.45, 2.75) is 39.3 Å². The van der Waals surface area contributed by atoms with Crippen molar-refractivity contribution < 1.29 is 5.11 Å². The third kappa shape index (κ3) is 2.17. The van der Waals surface area contributed by atoms with E-state index >= 15 is 0 Å². The van der Waals surface area contributed by atoms with Gasteiger partial charge in [0, 0.05) is 19.1 Å². The van der Waals surface area contributed by atoms with Crippen molar-refractivity contribution in [3.63, 3.8) is 0 Å². The molecule has 0 spiro atoms. The molecule has 1 aliphatic heterocycles. The Labute approximate surface area is 69.2 Å². The van der Waals surface area contributed by atoms with Crippen molar-refractivity contribution in [1.82, 2.24) is 4.90 Å². The molecule has 2 atom stereocenters. The van der Waals surface area contributed by atoms with E-state index in [1.165, 1.54) is 0 Å². The van der Waals surface area contributed by atoms with E-state index in [9.17, 15) is 5.11 Å². The van der Waals surface area contributed by atoms with Gasteiger partial charge in [-0.1, -0.05) is 13.8 Å². The molecule has 0 aromatic rings. The normalized spacial score (nSPS) is 29.7. The molecule has 0 aromatic carbocycles. The minimum absolute atomic E-state index is 0.0730. The van der Waals surface area contributed by atoms with E-state index in [1.807, 2.05) is 0 Å². The molecule has 0 aromatic heterocycles. The largest absolute Gasteiger partial charge is 0.392 e. The third-order valence-corrected chi connectivity index (χ3v) is 2.74. The van der Waals surface area contributed by atoms with Gasteiger partial charge in [0.05, 0.1) is 6.10 Å². The zero-order chi connectivity index (χ0) is 8.43. The Morgan fingerprint density at radius 1 is 1.36 bits per heavy atom. The van der Waals surface area contributed by atoms with Crippen molar-refractivity contribution in [3.8, 4) is 0 Å². The van der Waals surface area contributed by atoms with Gasteiger partial charge in [0.25, 0.3) is 0 Å². The summed E-state index contributed by atoms with van der Waals surface area (Å²) in [7, 11) is 0. The van der Waals surface area contributed by atoms with Crippen LogP contribution >= 0.6 is 0 Å². The summed E-state index contributed by atoms with van der Waals surface area (Å²) in [4.78, 5) is 2.37. The number of β-amino-alcohol motifs (C(OH)–C–C–N with tert-alkyl or cyclic N) is 1. The highest BCUT2D eigenvalue weighted by atomic mass is 16.3. The Morgan fingerprint density at radius 2 is 2.00 bits per heavy atom. The molecule has 0 radical (unpaired) electrons. The zero-order valence-electron chi connectivity index (χ0n) is 7.75. The van der Waals surface area contributed by atoms with Crippen LogP contribution in [0.5, 0.6) is 0 Å². The van der Waals surface area contributed by atoms with E-state index in [-0.39, 0.29) is 6.10 Å². The van der Waals surface area contributed by atoms with E-state index in [1.54, 1.807) is 0 Å². The van der Waals surface area contributed by atoms with Crippen molar-refractivity contribution in [2.24, 2.45) is 5.92 Å². The summed E-state index contributed by atoms with van der Waals surface area (Å²) in [6.45, 7) is 8.65. The number of hydrogen-bond donors (Lipinski definition) is 1. The third-order valence-electron chi connectivity index (χ3n) is 2.74. The highest BCUT2D eigenvalue weighted by Crippen LogP contribution is 2.17. The molecular weight excluding hydrogens is 138 g/mol. The summed E-state index contributed by atoms with van der Waals surface area (Å²) >= 11 is 0. The molecule has 0 aliphatic carbocycles. The van der Waals surface area contributed by atoms with E-state index in [2.05, 4.69) is 25.7 Å². The van der Waals surface area contributed by atoms with E-state index in [4.69, 9.17) is 0 Å². The Hall–Kier alpha value is -0.0800. The van der Waals surface area contributed by atoms with E-state index in [0.29, 0.717) is 12.0 Å². The quantitative estimate of drug-likeness (QED) is 0.649. The molecule has 0 amide bonds. The smallest absolute Gasteiger partial charge is 0.0679 e. The maximum Gasteiger partial charge on any atom is 0.0679 e. The molecule has 2 heteroatoms. The first-order valence-electron chi connectivity index (χ1n) is 4.53. The Kier molecular flexibility index (Phi) is 2.90. The lowest BCUT2D eigenvalue weighted by atomic mass is 10.1. The van der Waals surface area contributed by atoms with E-state index in [0.717, 1.165) is 19.5 Å². The van der Waals surface area contributed by atoms with Crippen molar-refractivity contribution >= 4 is 0 Å². The Morgan fingerprint density at radius 3 is 2.36 bits per heavy atom. The lowest BCUT2D eigenvalue weighted by molar-refractivity contribution is 0.148. The summed E-state index contributed by atoms with van der Waals surface area (Å²) in [6.07, 6.45) is 0.882. The maximum absolute atomic E-state index is 9.29. The maximum atomic E-state index is 9.29. The van der Waals surface area contributed by atoms with Gasteiger partial charge in [0.2, 0.25) is 0 Å². The monoisotopic (exact) mass is 157 g/mol. The van der Waals surface area contributed by atoms with Gasteiger partial charge in [-0.3, -0.25) is 4.90 Å². The second kappa shape index (κ2) is 3.55. The van der Waals surface area contributed by atoms with Crippen LogP contribution in [0.3, 0.4) is 0 Å². The van der Waals surface area contributed by atoms with Gasteiger partial charge in [0.15, 0.2) is 0 Å². The van der Waals surface area contributed by atoms with Crippen molar-refractivity contribution in [3.05, 3.63) is 0 Å². The number of hydrogen-bond acceptors (Lipinski definition) is 2. The topological polar surface area (TPSA) is 23.5 Å². The predicted molar refractivity (Wildman–Crippen MR) is 46.5 cm³/mol. The average Bonchev–Trinajstić information content (AvgIpc) is 2.34. The van der Waals surface area contributed by atoms with Crippen LogP contribution in [-0.2, 0) is 0 Å². The molecule has 1 aliphatic rings. The van der Waals surface area contributed by atoms with Gasteiger partial charge in [-0.05, 0) is 19.3 Å². The summed E-state index contributed by atoms with van der Waals surface area (Å²) in [5.41, 5.74) is 0. The fourth-order valence-corrected chi connectivity index (χ4v) is 1.56. The van der Waals surface area contributed by atoms with Gasteiger partial charge in [0.1, 0.15) is 0 Å². The molecule has 1 rings (SSSR count). The summed E-state index contributed by atoms with van der Waals surface area (Å²) in [5, 5.41) is 9.29. The first kappa shape index (κ1) is 9.01. The minimum Gasteiger partial charge on any atom is -0.392 e. The highest BCUT2D eigenvalue weighted by Gasteiger charge is 2.25. The standard InChI is InChI=1S/C9H19NO/c1-7(2)8(3)10-5-4-9(11)6-10/h7-9,11H,4-6H2,1-3H3/t8-,9-/m0/s1. The van der Waals surface area contributed by atoms with Gasteiger partial charge >= 0.3 is 0 Å². The first-order valence-corrected chi connectivity index (χ1v) is 4.53.